The van der Waals surface area contributed by atoms with E-state index in [2.05, 4.69) is 16.3 Å². The smallest absolute Gasteiger partial charge is 0.270 e. The second kappa shape index (κ2) is 5.65. The van der Waals surface area contributed by atoms with Crippen molar-refractivity contribution in [1.82, 2.24) is 0 Å². The van der Waals surface area contributed by atoms with Crippen molar-refractivity contribution in [2.45, 2.75) is 25.4 Å². The monoisotopic (exact) mass is 302 g/mol. The lowest BCUT2D eigenvalue weighted by Crippen LogP contribution is -2.25. The summed E-state index contributed by atoms with van der Waals surface area (Å²) in [5.74, 6) is 0. The predicted molar refractivity (Wildman–Crippen MR) is 82.0 cm³/mol. The highest BCUT2D eigenvalue weighted by atomic mass is 32.1. The molecule has 108 valence electrons. The molecule has 0 radical (unpaired) electrons. The van der Waals surface area contributed by atoms with Crippen LogP contribution >= 0.6 is 11.3 Å². The number of nitro groups is 1. The number of hydrogen-bond acceptors (Lipinski definition) is 5. The molecule has 0 bridgehead atoms. The molecule has 0 unspecified atom stereocenters. The number of anilines is 1. The molecule has 3 rings (SSSR count). The van der Waals surface area contributed by atoms with Crippen LogP contribution in [0.3, 0.4) is 0 Å². The van der Waals surface area contributed by atoms with Gasteiger partial charge < -0.3 is 4.90 Å². The zero-order valence-electron chi connectivity index (χ0n) is 11.3. The molecule has 6 heteroatoms. The number of carbonyl (C=O) groups is 1. The van der Waals surface area contributed by atoms with Gasteiger partial charge in [0.1, 0.15) is 0 Å². The number of carbonyl (C=O) groups excluding carboxylic acids is 1. The van der Waals surface area contributed by atoms with Crippen molar-refractivity contribution in [2.75, 3.05) is 4.90 Å². The first-order chi connectivity index (χ1) is 10.2. The maximum Gasteiger partial charge on any atom is 0.270 e. The van der Waals surface area contributed by atoms with E-state index in [9.17, 15) is 14.9 Å². The van der Waals surface area contributed by atoms with Gasteiger partial charge in [0.2, 0.25) is 0 Å². The fourth-order valence-electron chi connectivity index (χ4n) is 2.39. The molecule has 0 N–H and O–H groups in total. The van der Waals surface area contributed by atoms with Gasteiger partial charge in [-0.15, -0.1) is 0 Å². The van der Waals surface area contributed by atoms with Crippen molar-refractivity contribution in [3.8, 4) is 0 Å². The Kier molecular flexibility index (Phi) is 3.70. The Morgan fingerprint density at radius 3 is 2.76 bits per heavy atom. The first-order valence-corrected chi connectivity index (χ1v) is 7.64. The van der Waals surface area contributed by atoms with Crippen LogP contribution in [0.5, 0.6) is 0 Å². The maximum absolute atomic E-state index is 11.3. The van der Waals surface area contributed by atoms with Crippen LogP contribution < -0.4 is 4.90 Å². The van der Waals surface area contributed by atoms with E-state index in [1.54, 1.807) is 17.4 Å². The molecule has 0 saturated heterocycles. The Hall–Kier alpha value is -2.21. The fourth-order valence-corrected chi connectivity index (χ4v) is 3.05. The highest BCUT2D eigenvalue weighted by Crippen LogP contribution is 2.36. The van der Waals surface area contributed by atoms with Gasteiger partial charge in [0.25, 0.3) is 5.69 Å². The molecule has 0 spiro atoms. The van der Waals surface area contributed by atoms with Crippen molar-refractivity contribution in [3.05, 3.63) is 56.3 Å². The van der Waals surface area contributed by atoms with Crippen LogP contribution in [0.15, 0.2) is 35.0 Å². The number of thiophene rings is 1. The van der Waals surface area contributed by atoms with Gasteiger partial charge in [0, 0.05) is 36.0 Å². The first kappa shape index (κ1) is 13.8. The van der Waals surface area contributed by atoms with E-state index in [1.165, 1.54) is 17.7 Å². The van der Waals surface area contributed by atoms with Crippen LogP contribution in [0.4, 0.5) is 11.4 Å². The highest BCUT2D eigenvalue weighted by molar-refractivity contribution is 7.07. The summed E-state index contributed by atoms with van der Waals surface area (Å²) in [7, 11) is 0. The average Bonchev–Trinajstić information content (AvgIpc) is 3.21. The molecule has 0 amide bonds. The molecule has 2 aromatic rings. The number of aldehydes is 1. The third-order valence-electron chi connectivity index (χ3n) is 3.58. The Morgan fingerprint density at radius 2 is 2.19 bits per heavy atom. The van der Waals surface area contributed by atoms with E-state index < -0.39 is 4.92 Å². The molecule has 1 aromatic carbocycles. The van der Waals surface area contributed by atoms with Crippen LogP contribution in [0.25, 0.3) is 0 Å². The SMILES string of the molecule is O=Cc1cc([N+](=O)[O-])ccc1N(Cc1ccsc1)C1CC1. The van der Waals surface area contributed by atoms with E-state index in [0.29, 0.717) is 17.9 Å². The Balaban J connectivity index is 1.95. The normalized spacial score (nSPS) is 13.9. The van der Waals surface area contributed by atoms with Gasteiger partial charge in [0.15, 0.2) is 6.29 Å². The molecule has 1 saturated carbocycles. The molecular formula is C15H14N2O3S. The Bertz CT molecular complexity index is 666. The second-order valence-electron chi connectivity index (χ2n) is 5.11. The number of benzene rings is 1. The summed E-state index contributed by atoms with van der Waals surface area (Å²) in [6.45, 7) is 0.729. The molecule has 5 nitrogen and oxygen atoms in total. The lowest BCUT2D eigenvalue weighted by Gasteiger charge is -2.25. The minimum atomic E-state index is -0.475. The zero-order valence-corrected chi connectivity index (χ0v) is 12.1. The van der Waals surface area contributed by atoms with Gasteiger partial charge in [-0.05, 0) is 41.3 Å². The summed E-state index contributed by atoms with van der Waals surface area (Å²) in [5.41, 5.74) is 2.31. The fraction of sp³-hybridized carbons (Fsp3) is 0.267. The van der Waals surface area contributed by atoms with E-state index >= 15 is 0 Å². The van der Waals surface area contributed by atoms with Gasteiger partial charge in [-0.3, -0.25) is 14.9 Å². The number of nitro benzene ring substituents is 1. The lowest BCUT2D eigenvalue weighted by molar-refractivity contribution is -0.384. The van der Waals surface area contributed by atoms with Crippen molar-refractivity contribution in [3.63, 3.8) is 0 Å². The van der Waals surface area contributed by atoms with E-state index in [1.807, 2.05) is 5.38 Å². The lowest BCUT2D eigenvalue weighted by atomic mass is 10.1. The number of rotatable bonds is 6. The number of nitrogens with zero attached hydrogens (tertiary/aromatic N) is 2. The topological polar surface area (TPSA) is 63.4 Å². The minimum absolute atomic E-state index is 0.0490. The quantitative estimate of drug-likeness (QED) is 0.464. The molecule has 1 fully saturated rings. The summed E-state index contributed by atoms with van der Waals surface area (Å²) in [6.07, 6.45) is 2.89. The van der Waals surface area contributed by atoms with Crippen LogP contribution in [0.2, 0.25) is 0 Å². The summed E-state index contributed by atoms with van der Waals surface area (Å²) in [6, 6.07) is 6.99. The second-order valence-corrected chi connectivity index (χ2v) is 5.89. The third kappa shape index (κ3) is 2.95. The van der Waals surface area contributed by atoms with Crippen LogP contribution in [-0.2, 0) is 6.54 Å². The van der Waals surface area contributed by atoms with Gasteiger partial charge >= 0.3 is 0 Å². The van der Waals surface area contributed by atoms with Crippen LogP contribution in [0, 0.1) is 10.1 Å². The van der Waals surface area contributed by atoms with E-state index in [-0.39, 0.29) is 5.69 Å². The average molecular weight is 302 g/mol. The predicted octanol–water partition coefficient (Wildman–Crippen LogP) is 3.64. The van der Waals surface area contributed by atoms with Crippen molar-refractivity contribution >= 4 is 29.0 Å². The molecular weight excluding hydrogens is 288 g/mol. The van der Waals surface area contributed by atoms with Crippen molar-refractivity contribution < 1.29 is 9.72 Å². The molecule has 0 atom stereocenters. The molecule has 1 heterocycles. The van der Waals surface area contributed by atoms with E-state index in [0.717, 1.165) is 25.1 Å². The highest BCUT2D eigenvalue weighted by Gasteiger charge is 2.31. The standard InChI is InChI=1S/C15H14N2O3S/c18-9-12-7-14(17(19)20)3-4-15(12)16(13-1-2-13)8-11-5-6-21-10-11/h3-7,9-10,13H,1-2,8H2. The Morgan fingerprint density at radius 1 is 1.38 bits per heavy atom. The van der Waals surface area contributed by atoms with Gasteiger partial charge in [-0.1, -0.05) is 0 Å². The molecule has 1 aliphatic carbocycles. The van der Waals surface area contributed by atoms with Gasteiger partial charge in [-0.2, -0.15) is 11.3 Å². The molecule has 0 aliphatic heterocycles. The number of hydrogen-bond donors (Lipinski definition) is 0. The van der Waals surface area contributed by atoms with Crippen LogP contribution in [0.1, 0.15) is 28.8 Å². The van der Waals surface area contributed by atoms with Crippen molar-refractivity contribution in [2.24, 2.45) is 0 Å². The third-order valence-corrected chi connectivity index (χ3v) is 4.31. The molecule has 1 aromatic heterocycles. The molecule has 1 aliphatic rings. The summed E-state index contributed by atoms with van der Waals surface area (Å²) < 4.78 is 0. The largest absolute Gasteiger partial charge is 0.364 e. The summed E-state index contributed by atoms with van der Waals surface area (Å²) in [5, 5.41) is 14.9. The van der Waals surface area contributed by atoms with Gasteiger partial charge in [-0.25, -0.2) is 0 Å². The van der Waals surface area contributed by atoms with Crippen LogP contribution in [-0.4, -0.2) is 17.3 Å². The summed E-state index contributed by atoms with van der Waals surface area (Å²) >= 11 is 1.64. The first-order valence-electron chi connectivity index (χ1n) is 6.70. The minimum Gasteiger partial charge on any atom is -0.364 e. The van der Waals surface area contributed by atoms with Crippen molar-refractivity contribution in [1.29, 1.82) is 0 Å². The number of non-ortho nitro benzene ring substituents is 1. The van der Waals surface area contributed by atoms with E-state index in [4.69, 9.17) is 0 Å². The Labute approximate surface area is 126 Å². The van der Waals surface area contributed by atoms with Gasteiger partial charge in [0.05, 0.1) is 4.92 Å². The maximum atomic E-state index is 11.3. The summed E-state index contributed by atoms with van der Waals surface area (Å²) in [4.78, 5) is 23.8. The molecule has 21 heavy (non-hydrogen) atoms. The zero-order chi connectivity index (χ0) is 14.8.